The van der Waals surface area contributed by atoms with Crippen LogP contribution in [0.2, 0.25) is 0 Å². The monoisotopic (exact) mass is 305 g/mol. The molecule has 1 aliphatic heterocycles. The van der Waals surface area contributed by atoms with Crippen molar-refractivity contribution in [1.29, 1.82) is 0 Å². The molecule has 1 nitrogen and oxygen atoms in total. The van der Waals surface area contributed by atoms with E-state index in [9.17, 15) is 0 Å². The maximum absolute atomic E-state index is 4.92. The van der Waals surface area contributed by atoms with Crippen LogP contribution < -0.4 is 0 Å². The first-order chi connectivity index (χ1) is 8.52. The molecule has 1 aromatic rings. The zero-order valence-corrected chi connectivity index (χ0v) is 13.0. The fourth-order valence-electron chi connectivity index (χ4n) is 3.28. The van der Waals surface area contributed by atoms with Gasteiger partial charge in [0.1, 0.15) is 0 Å². The summed E-state index contributed by atoms with van der Waals surface area (Å²) in [5.41, 5.74) is 5.68. The highest BCUT2D eigenvalue weighted by molar-refractivity contribution is 9.10. The third-order valence-electron chi connectivity index (χ3n) is 4.57. The minimum atomic E-state index is 0.209. The lowest BCUT2D eigenvalue weighted by Gasteiger charge is -2.32. The van der Waals surface area contributed by atoms with Crippen molar-refractivity contribution >= 4 is 27.3 Å². The van der Waals surface area contributed by atoms with Crippen molar-refractivity contribution in [3.8, 4) is 0 Å². The predicted molar refractivity (Wildman–Crippen MR) is 81.1 cm³/mol. The Hall–Kier alpha value is -0.630. The molecule has 2 heteroatoms. The third kappa shape index (κ3) is 1.69. The average molecular weight is 306 g/mol. The molecule has 1 saturated carbocycles. The quantitative estimate of drug-likeness (QED) is 0.650. The van der Waals surface area contributed by atoms with E-state index in [4.69, 9.17) is 4.99 Å². The second kappa shape index (κ2) is 4.19. The molecule has 0 amide bonds. The van der Waals surface area contributed by atoms with Crippen LogP contribution in [-0.2, 0) is 5.41 Å². The molecule has 1 aromatic carbocycles. The molecular weight excluding hydrogens is 286 g/mol. The number of halogens is 1. The van der Waals surface area contributed by atoms with Crippen LogP contribution in [0.5, 0.6) is 0 Å². The summed E-state index contributed by atoms with van der Waals surface area (Å²) < 4.78 is 1.17. The van der Waals surface area contributed by atoms with Gasteiger partial charge in [-0.15, -0.1) is 0 Å². The maximum atomic E-state index is 4.92. The van der Waals surface area contributed by atoms with Gasteiger partial charge in [0, 0.05) is 15.6 Å². The van der Waals surface area contributed by atoms with Gasteiger partial charge in [0.05, 0.1) is 5.69 Å². The fraction of sp³-hybridized carbons (Fsp3) is 0.562. The van der Waals surface area contributed by atoms with E-state index < -0.39 is 0 Å². The van der Waals surface area contributed by atoms with Gasteiger partial charge in [-0.3, -0.25) is 4.99 Å². The van der Waals surface area contributed by atoms with Crippen LogP contribution in [0.15, 0.2) is 21.6 Å². The van der Waals surface area contributed by atoms with Gasteiger partial charge in [0.15, 0.2) is 0 Å². The second-order valence-corrected chi connectivity index (χ2v) is 7.01. The normalized spacial score (nSPS) is 25.9. The molecule has 96 valence electrons. The highest BCUT2D eigenvalue weighted by Gasteiger charge is 2.41. The Bertz CT molecular complexity index is 530. The fourth-order valence-corrected chi connectivity index (χ4v) is 3.85. The Balaban J connectivity index is 2.18. The largest absolute Gasteiger partial charge is 0.255 e. The number of hydrogen-bond acceptors (Lipinski definition) is 1. The van der Waals surface area contributed by atoms with Gasteiger partial charge in [-0.1, -0.05) is 33.3 Å². The van der Waals surface area contributed by atoms with Gasteiger partial charge < -0.3 is 0 Å². The first kappa shape index (κ1) is 12.4. The lowest BCUT2D eigenvalue weighted by molar-refractivity contribution is 0.497. The number of hydrogen-bond donors (Lipinski definition) is 0. The summed E-state index contributed by atoms with van der Waals surface area (Å²) >= 11 is 3.72. The SMILES string of the molecule is CC(C)c1cc(Br)c2c(c1)C1(C)CCCCC1=N2. The third-order valence-corrected chi connectivity index (χ3v) is 5.18. The van der Waals surface area contributed by atoms with Crippen LogP contribution in [0.3, 0.4) is 0 Å². The van der Waals surface area contributed by atoms with Crippen LogP contribution in [0.1, 0.15) is 63.5 Å². The lowest BCUT2D eigenvalue weighted by atomic mass is 9.70. The molecule has 2 aliphatic rings. The second-order valence-electron chi connectivity index (χ2n) is 6.15. The van der Waals surface area contributed by atoms with Crippen LogP contribution >= 0.6 is 15.9 Å². The van der Waals surface area contributed by atoms with Crippen LogP contribution in [0.25, 0.3) is 0 Å². The molecule has 0 N–H and O–H groups in total. The molecule has 0 aromatic heterocycles. The van der Waals surface area contributed by atoms with E-state index in [1.54, 1.807) is 0 Å². The van der Waals surface area contributed by atoms with Crippen molar-refractivity contribution in [2.75, 3.05) is 0 Å². The summed E-state index contributed by atoms with van der Waals surface area (Å²) in [6, 6.07) is 4.64. The Morgan fingerprint density at radius 1 is 1.28 bits per heavy atom. The highest BCUT2D eigenvalue weighted by atomic mass is 79.9. The molecule has 0 saturated heterocycles. The number of benzene rings is 1. The Morgan fingerprint density at radius 3 is 2.78 bits per heavy atom. The van der Waals surface area contributed by atoms with Gasteiger partial charge in [-0.25, -0.2) is 0 Å². The van der Waals surface area contributed by atoms with E-state index in [0.717, 1.165) is 0 Å². The molecule has 0 bridgehead atoms. The van der Waals surface area contributed by atoms with E-state index >= 15 is 0 Å². The molecule has 1 aliphatic carbocycles. The standard InChI is InChI=1S/C16H20BrN/c1-10(2)11-8-12-15(13(17)9-11)18-14-6-4-5-7-16(12,14)3/h8-10H,4-7H2,1-3H3. The molecule has 3 rings (SSSR count). The first-order valence-electron chi connectivity index (χ1n) is 6.94. The molecule has 1 unspecified atom stereocenters. The maximum Gasteiger partial charge on any atom is 0.0812 e. The number of aliphatic imine (C=N–C) groups is 1. The van der Waals surface area contributed by atoms with E-state index in [1.807, 2.05) is 0 Å². The van der Waals surface area contributed by atoms with Crippen molar-refractivity contribution in [3.63, 3.8) is 0 Å². The number of fused-ring (bicyclic) bond motifs is 3. The van der Waals surface area contributed by atoms with Gasteiger partial charge in [0.25, 0.3) is 0 Å². The first-order valence-corrected chi connectivity index (χ1v) is 7.73. The summed E-state index contributed by atoms with van der Waals surface area (Å²) in [5, 5.41) is 0. The zero-order chi connectivity index (χ0) is 12.9. The predicted octanol–water partition coefficient (Wildman–Crippen LogP) is 5.49. The van der Waals surface area contributed by atoms with Gasteiger partial charge >= 0.3 is 0 Å². The molecule has 18 heavy (non-hydrogen) atoms. The highest BCUT2D eigenvalue weighted by Crippen LogP contribution is 2.50. The molecule has 0 radical (unpaired) electrons. The van der Waals surface area contributed by atoms with Crippen molar-refractivity contribution in [2.45, 2.75) is 57.8 Å². The number of rotatable bonds is 1. The van der Waals surface area contributed by atoms with Gasteiger partial charge in [0.2, 0.25) is 0 Å². The number of nitrogens with zero attached hydrogens (tertiary/aromatic N) is 1. The van der Waals surface area contributed by atoms with Crippen LogP contribution in [-0.4, -0.2) is 5.71 Å². The molecular formula is C16H20BrN. The van der Waals surface area contributed by atoms with Crippen LogP contribution in [0, 0.1) is 0 Å². The van der Waals surface area contributed by atoms with Gasteiger partial charge in [-0.2, -0.15) is 0 Å². The molecule has 0 spiro atoms. The minimum Gasteiger partial charge on any atom is -0.255 e. The van der Waals surface area contributed by atoms with Gasteiger partial charge in [-0.05, 0) is 58.3 Å². The van der Waals surface area contributed by atoms with Crippen molar-refractivity contribution in [1.82, 2.24) is 0 Å². The lowest BCUT2D eigenvalue weighted by Crippen LogP contribution is -2.32. The summed E-state index contributed by atoms with van der Waals surface area (Å²) in [6.45, 7) is 6.90. The summed E-state index contributed by atoms with van der Waals surface area (Å²) in [4.78, 5) is 4.92. The summed E-state index contributed by atoms with van der Waals surface area (Å²) in [5.74, 6) is 0.572. The molecule has 1 fully saturated rings. The van der Waals surface area contributed by atoms with Crippen molar-refractivity contribution < 1.29 is 0 Å². The minimum absolute atomic E-state index is 0.209. The molecule has 1 atom stereocenters. The van der Waals surface area contributed by atoms with Crippen molar-refractivity contribution in [3.05, 3.63) is 27.7 Å². The Kier molecular flexibility index (Phi) is 2.89. The average Bonchev–Trinajstić information content (AvgIpc) is 2.63. The Labute approximate surface area is 118 Å². The topological polar surface area (TPSA) is 12.4 Å². The van der Waals surface area contributed by atoms with E-state index in [0.29, 0.717) is 5.92 Å². The van der Waals surface area contributed by atoms with Crippen LogP contribution in [0.4, 0.5) is 5.69 Å². The van der Waals surface area contributed by atoms with Crippen molar-refractivity contribution in [2.24, 2.45) is 4.99 Å². The molecule has 1 heterocycles. The summed E-state index contributed by atoms with van der Waals surface area (Å²) in [6.07, 6.45) is 5.07. The Morgan fingerprint density at radius 2 is 2.06 bits per heavy atom. The van der Waals surface area contributed by atoms with E-state index in [2.05, 4.69) is 48.8 Å². The zero-order valence-electron chi connectivity index (χ0n) is 11.4. The van der Waals surface area contributed by atoms with E-state index in [-0.39, 0.29) is 5.41 Å². The smallest absolute Gasteiger partial charge is 0.0812 e. The summed E-state index contributed by atoms with van der Waals surface area (Å²) in [7, 11) is 0. The van der Waals surface area contributed by atoms with E-state index in [1.165, 1.54) is 52.7 Å².